The third-order valence-corrected chi connectivity index (χ3v) is 2.46. The molecule has 1 heterocycles. The summed E-state index contributed by atoms with van der Waals surface area (Å²) in [5, 5.41) is 3.22. The highest BCUT2D eigenvalue weighted by molar-refractivity contribution is 5.26. The van der Waals surface area contributed by atoms with Crippen LogP contribution in [0.2, 0.25) is 0 Å². The molecule has 1 aromatic heterocycles. The van der Waals surface area contributed by atoms with Crippen LogP contribution in [0.15, 0.2) is 10.7 Å². The lowest BCUT2D eigenvalue weighted by atomic mass is 10.5. The summed E-state index contributed by atoms with van der Waals surface area (Å²) in [5.74, 6) is 0. The van der Waals surface area contributed by atoms with Crippen molar-refractivity contribution in [3.05, 3.63) is 12.0 Å². The van der Waals surface area contributed by atoms with Crippen LogP contribution < -0.4 is 10.2 Å². The van der Waals surface area contributed by atoms with E-state index in [2.05, 4.69) is 29.0 Å². The van der Waals surface area contributed by atoms with Gasteiger partial charge >= 0.3 is 0 Å². The van der Waals surface area contributed by atoms with Crippen molar-refractivity contribution in [2.75, 3.05) is 37.7 Å². The Morgan fingerprint density at radius 2 is 2.24 bits per heavy atom. The van der Waals surface area contributed by atoms with Crippen molar-refractivity contribution in [1.82, 2.24) is 10.3 Å². The van der Waals surface area contributed by atoms with E-state index in [4.69, 9.17) is 9.15 Å². The summed E-state index contributed by atoms with van der Waals surface area (Å²) < 4.78 is 10.8. The Morgan fingerprint density at radius 1 is 1.41 bits per heavy atom. The highest BCUT2D eigenvalue weighted by Gasteiger charge is 2.10. The maximum Gasteiger partial charge on any atom is 0.297 e. The molecule has 0 unspecified atom stereocenters. The maximum absolute atomic E-state index is 5.46. The van der Waals surface area contributed by atoms with Crippen LogP contribution in [0, 0.1) is 0 Å². The fraction of sp³-hybridized carbons (Fsp3) is 0.750. The van der Waals surface area contributed by atoms with Gasteiger partial charge in [0.2, 0.25) is 0 Å². The van der Waals surface area contributed by atoms with Crippen molar-refractivity contribution < 1.29 is 9.15 Å². The van der Waals surface area contributed by atoms with Gasteiger partial charge in [-0.2, -0.15) is 4.98 Å². The lowest BCUT2D eigenvalue weighted by Crippen LogP contribution is -2.27. The first-order valence-electron chi connectivity index (χ1n) is 6.29. The minimum atomic E-state index is 0.681. The van der Waals surface area contributed by atoms with Crippen molar-refractivity contribution in [2.45, 2.75) is 27.3 Å². The van der Waals surface area contributed by atoms with E-state index >= 15 is 0 Å². The van der Waals surface area contributed by atoms with Gasteiger partial charge in [0.15, 0.2) is 0 Å². The first-order valence-corrected chi connectivity index (χ1v) is 6.29. The van der Waals surface area contributed by atoms with E-state index in [-0.39, 0.29) is 0 Å². The molecular weight excluding hydrogens is 218 g/mol. The Kier molecular flexibility index (Phi) is 6.65. The van der Waals surface area contributed by atoms with Gasteiger partial charge in [0.05, 0.1) is 12.3 Å². The zero-order chi connectivity index (χ0) is 12.5. The van der Waals surface area contributed by atoms with Crippen molar-refractivity contribution in [2.24, 2.45) is 0 Å². The number of anilines is 1. The SMILES string of the molecule is CCNCc1coc(N(CC)CCOCC)n1. The highest BCUT2D eigenvalue weighted by atomic mass is 16.5. The molecule has 0 bridgehead atoms. The molecule has 0 saturated carbocycles. The molecule has 0 aliphatic carbocycles. The topological polar surface area (TPSA) is 50.5 Å². The summed E-state index contributed by atoms with van der Waals surface area (Å²) in [4.78, 5) is 6.51. The number of likely N-dealkylation sites (N-methyl/N-ethyl adjacent to an activating group) is 1. The summed E-state index contributed by atoms with van der Waals surface area (Å²) in [5.41, 5.74) is 0.941. The normalized spacial score (nSPS) is 10.8. The standard InChI is InChI=1S/C12H23N3O2/c1-4-13-9-11-10-17-12(14-11)15(5-2)7-8-16-6-3/h10,13H,4-9H2,1-3H3. The minimum absolute atomic E-state index is 0.681. The second-order valence-corrected chi connectivity index (χ2v) is 3.68. The van der Waals surface area contributed by atoms with Gasteiger partial charge in [-0.25, -0.2) is 0 Å². The van der Waals surface area contributed by atoms with E-state index in [0.717, 1.165) is 38.5 Å². The molecule has 0 fully saturated rings. The number of rotatable bonds is 9. The van der Waals surface area contributed by atoms with Gasteiger partial charge in [0.25, 0.3) is 6.01 Å². The van der Waals surface area contributed by atoms with Crippen LogP contribution in [0.5, 0.6) is 0 Å². The molecule has 0 atom stereocenters. The van der Waals surface area contributed by atoms with Gasteiger partial charge in [0, 0.05) is 26.2 Å². The van der Waals surface area contributed by atoms with Crippen LogP contribution in [-0.2, 0) is 11.3 Å². The zero-order valence-corrected chi connectivity index (χ0v) is 11.0. The average Bonchev–Trinajstić information content (AvgIpc) is 2.81. The third kappa shape index (κ3) is 4.75. The monoisotopic (exact) mass is 241 g/mol. The minimum Gasteiger partial charge on any atom is -0.432 e. The summed E-state index contributed by atoms with van der Waals surface area (Å²) in [7, 11) is 0. The molecule has 0 radical (unpaired) electrons. The van der Waals surface area contributed by atoms with Crippen LogP contribution in [0.4, 0.5) is 6.01 Å². The van der Waals surface area contributed by atoms with Crippen molar-refractivity contribution in [1.29, 1.82) is 0 Å². The summed E-state index contributed by atoms with van der Waals surface area (Å²) in [6.07, 6.45) is 1.71. The maximum atomic E-state index is 5.46. The Labute approximate surface area is 103 Å². The molecule has 0 aliphatic rings. The number of hydrogen-bond donors (Lipinski definition) is 1. The van der Waals surface area contributed by atoms with E-state index in [1.54, 1.807) is 6.26 Å². The molecule has 0 amide bonds. The number of oxazole rings is 1. The molecule has 0 aromatic carbocycles. The van der Waals surface area contributed by atoms with Crippen LogP contribution in [-0.4, -0.2) is 37.8 Å². The molecule has 1 N–H and O–H groups in total. The van der Waals surface area contributed by atoms with Crippen molar-refractivity contribution in [3.63, 3.8) is 0 Å². The number of aromatic nitrogens is 1. The number of ether oxygens (including phenoxy) is 1. The van der Waals surface area contributed by atoms with E-state index in [1.165, 1.54) is 0 Å². The number of nitrogens with zero attached hydrogens (tertiary/aromatic N) is 2. The predicted molar refractivity (Wildman–Crippen MR) is 68.3 cm³/mol. The second kappa shape index (κ2) is 8.08. The molecule has 0 spiro atoms. The molecule has 1 rings (SSSR count). The van der Waals surface area contributed by atoms with Gasteiger partial charge in [-0.05, 0) is 20.4 Å². The largest absolute Gasteiger partial charge is 0.432 e. The summed E-state index contributed by atoms with van der Waals surface area (Å²) >= 11 is 0. The van der Waals surface area contributed by atoms with Gasteiger partial charge < -0.3 is 19.4 Å². The Balaban J connectivity index is 2.47. The van der Waals surface area contributed by atoms with Gasteiger partial charge in [-0.3, -0.25) is 0 Å². The van der Waals surface area contributed by atoms with Crippen LogP contribution >= 0.6 is 0 Å². The lowest BCUT2D eigenvalue weighted by molar-refractivity contribution is 0.153. The number of hydrogen-bond acceptors (Lipinski definition) is 5. The Hall–Kier alpha value is -1.07. The average molecular weight is 241 g/mol. The first-order chi connectivity index (χ1) is 8.31. The molecule has 0 aliphatic heterocycles. The smallest absolute Gasteiger partial charge is 0.297 e. The number of nitrogens with one attached hydrogen (secondary N) is 1. The highest BCUT2D eigenvalue weighted by Crippen LogP contribution is 2.13. The van der Waals surface area contributed by atoms with Gasteiger partial charge in [0.1, 0.15) is 6.26 Å². The fourth-order valence-corrected chi connectivity index (χ4v) is 1.48. The van der Waals surface area contributed by atoms with E-state index < -0.39 is 0 Å². The molecule has 1 aromatic rings. The van der Waals surface area contributed by atoms with Crippen LogP contribution in [0.3, 0.4) is 0 Å². The molecule has 0 saturated heterocycles. The quantitative estimate of drug-likeness (QED) is 0.666. The van der Waals surface area contributed by atoms with E-state index in [1.807, 2.05) is 6.92 Å². The van der Waals surface area contributed by atoms with Gasteiger partial charge in [-0.1, -0.05) is 6.92 Å². The fourth-order valence-electron chi connectivity index (χ4n) is 1.48. The van der Waals surface area contributed by atoms with Crippen LogP contribution in [0.1, 0.15) is 26.5 Å². The second-order valence-electron chi connectivity index (χ2n) is 3.68. The first kappa shape index (κ1) is 14.0. The Bertz CT molecular complexity index is 302. The Morgan fingerprint density at radius 3 is 2.88 bits per heavy atom. The van der Waals surface area contributed by atoms with Gasteiger partial charge in [-0.15, -0.1) is 0 Å². The molecule has 17 heavy (non-hydrogen) atoms. The zero-order valence-electron chi connectivity index (χ0n) is 11.0. The van der Waals surface area contributed by atoms with E-state index in [9.17, 15) is 0 Å². The summed E-state index contributed by atoms with van der Waals surface area (Å²) in [6, 6.07) is 0.681. The molecule has 98 valence electrons. The molecule has 5 heteroatoms. The molecule has 5 nitrogen and oxygen atoms in total. The van der Waals surface area contributed by atoms with E-state index in [0.29, 0.717) is 12.6 Å². The summed E-state index contributed by atoms with van der Waals surface area (Å²) in [6.45, 7) is 11.0. The lowest BCUT2D eigenvalue weighted by Gasteiger charge is -2.17. The van der Waals surface area contributed by atoms with Crippen LogP contribution in [0.25, 0.3) is 0 Å². The molecular formula is C12H23N3O2. The predicted octanol–water partition coefficient (Wildman–Crippen LogP) is 1.65. The van der Waals surface area contributed by atoms with Crippen molar-refractivity contribution >= 4 is 6.01 Å². The third-order valence-electron chi connectivity index (χ3n) is 2.46. The van der Waals surface area contributed by atoms with Crippen molar-refractivity contribution in [3.8, 4) is 0 Å².